The van der Waals surface area contributed by atoms with E-state index in [2.05, 4.69) is 28.1 Å². The van der Waals surface area contributed by atoms with Crippen molar-refractivity contribution < 1.29 is 9.53 Å². The van der Waals surface area contributed by atoms with Gasteiger partial charge in [0, 0.05) is 74.4 Å². The number of amides is 1. The van der Waals surface area contributed by atoms with Gasteiger partial charge in [0.2, 0.25) is 0 Å². The van der Waals surface area contributed by atoms with Gasteiger partial charge in [-0.15, -0.1) is 0 Å². The molecule has 6 rings (SSSR count). The van der Waals surface area contributed by atoms with Gasteiger partial charge in [0.25, 0.3) is 11.5 Å². The summed E-state index contributed by atoms with van der Waals surface area (Å²) in [6.07, 6.45) is 4.34. The number of carbonyl (C=O) groups is 1. The molecule has 2 bridgehead atoms. The van der Waals surface area contributed by atoms with E-state index in [1.165, 1.54) is 5.56 Å². The maximum atomic E-state index is 13.8. The lowest BCUT2D eigenvalue weighted by molar-refractivity contribution is 0.0342. The van der Waals surface area contributed by atoms with E-state index in [4.69, 9.17) is 4.74 Å². The van der Waals surface area contributed by atoms with Gasteiger partial charge in [-0.05, 0) is 47.7 Å². The summed E-state index contributed by atoms with van der Waals surface area (Å²) in [7, 11) is 0. The summed E-state index contributed by atoms with van der Waals surface area (Å²) >= 11 is 0. The topological polar surface area (TPSA) is 67.7 Å². The maximum absolute atomic E-state index is 13.8. The standard InChI is InChI=1S/C28H30N4O3/c33-27(21-7-9-29-10-8-21)31-16-20-15-23(19-31)26-6-5-25(28(34)32(26)17-20)24-4-2-1-3-22(24)18-30-11-13-35-14-12-30/h1-10,20,23H,11-19H2/t20-,23-/m1/s1. The molecule has 180 valence electrons. The van der Waals surface area contributed by atoms with E-state index >= 15 is 0 Å². The highest BCUT2D eigenvalue weighted by atomic mass is 16.5. The zero-order valence-electron chi connectivity index (χ0n) is 19.8. The van der Waals surface area contributed by atoms with E-state index in [1.54, 1.807) is 24.5 Å². The van der Waals surface area contributed by atoms with Crippen LogP contribution >= 0.6 is 0 Å². The number of piperidine rings is 1. The average molecular weight is 471 g/mol. The second kappa shape index (κ2) is 9.40. The van der Waals surface area contributed by atoms with Crippen LogP contribution in [0.1, 0.15) is 34.0 Å². The second-order valence-corrected chi connectivity index (χ2v) is 9.88. The number of benzene rings is 1. The molecule has 2 atom stereocenters. The monoisotopic (exact) mass is 470 g/mol. The van der Waals surface area contributed by atoms with E-state index < -0.39 is 0 Å². The van der Waals surface area contributed by atoms with Gasteiger partial charge in [0.15, 0.2) is 0 Å². The average Bonchev–Trinajstić information content (AvgIpc) is 2.90. The Hall–Kier alpha value is -3.29. The summed E-state index contributed by atoms with van der Waals surface area (Å²) in [4.78, 5) is 35.2. The molecule has 0 unspecified atom stereocenters. The fourth-order valence-corrected chi connectivity index (χ4v) is 5.91. The molecule has 0 N–H and O–H groups in total. The molecule has 2 fully saturated rings. The quantitative estimate of drug-likeness (QED) is 0.587. The molecule has 3 aromatic rings. The highest BCUT2D eigenvalue weighted by molar-refractivity contribution is 5.94. The number of fused-ring (bicyclic) bond motifs is 4. The molecule has 0 aliphatic carbocycles. The van der Waals surface area contributed by atoms with E-state index in [0.29, 0.717) is 25.2 Å². The third-order valence-corrected chi connectivity index (χ3v) is 7.62. The Morgan fingerprint density at radius 3 is 2.57 bits per heavy atom. The minimum absolute atomic E-state index is 0.0477. The predicted octanol–water partition coefficient (Wildman–Crippen LogP) is 3.00. The molecule has 2 aromatic heterocycles. The summed E-state index contributed by atoms with van der Waals surface area (Å²) in [5.74, 6) is 0.508. The number of carbonyl (C=O) groups excluding carboxylic acids is 1. The summed E-state index contributed by atoms with van der Waals surface area (Å²) in [6, 6.07) is 15.9. The van der Waals surface area contributed by atoms with Gasteiger partial charge in [-0.25, -0.2) is 0 Å². The number of likely N-dealkylation sites (tertiary alicyclic amines) is 1. The van der Waals surface area contributed by atoms with Crippen LogP contribution in [-0.4, -0.2) is 64.7 Å². The Morgan fingerprint density at radius 1 is 0.943 bits per heavy atom. The molecule has 0 saturated carbocycles. The molecule has 3 aliphatic rings. The molecule has 7 nitrogen and oxygen atoms in total. The van der Waals surface area contributed by atoms with Crippen LogP contribution in [0.4, 0.5) is 0 Å². The highest BCUT2D eigenvalue weighted by Gasteiger charge is 2.37. The molecule has 0 radical (unpaired) electrons. The van der Waals surface area contributed by atoms with E-state index in [9.17, 15) is 9.59 Å². The molecule has 5 heterocycles. The Labute approximate surface area is 205 Å². The van der Waals surface area contributed by atoms with E-state index in [-0.39, 0.29) is 23.3 Å². The Kier molecular flexibility index (Phi) is 5.96. The number of rotatable bonds is 4. The zero-order valence-corrected chi connectivity index (χ0v) is 19.8. The zero-order chi connectivity index (χ0) is 23.8. The van der Waals surface area contributed by atoms with Gasteiger partial charge in [-0.2, -0.15) is 0 Å². The van der Waals surface area contributed by atoms with E-state index in [0.717, 1.165) is 56.1 Å². The summed E-state index contributed by atoms with van der Waals surface area (Å²) in [5.41, 5.74) is 4.77. The van der Waals surface area contributed by atoms with E-state index in [1.807, 2.05) is 27.7 Å². The largest absolute Gasteiger partial charge is 0.379 e. The number of hydrogen-bond acceptors (Lipinski definition) is 5. The normalized spacial score (nSPS) is 22.0. The first-order valence-corrected chi connectivity index (χ1v) is 12.5. The van der Waals surface area contributed by atoms with Crippen molar-refractivity contribution >= 4 is 5.91 Å². The number of pyridine rings is 2. The first kappa shape index (κ1) is 22.2. The Morgan fingerprint density at radius 2 is 1.74 bits per heavy atom. The third kappa shape index (κ3) is 4.30. The minimum Gasteiger partial charge on any atom is -0.379 e. The van der Waals surface area contributed by atoms with Gasteiger partial charge in [0.05, 0.1) is 13.2 Å². The highest BCUT2D eigenvalue weighted by Crippen LogP contribution is 2.36. The summed E-state index contributed by atoms with van der Waals surface area (Å²) in [6.45, 7) is 6.14. The first-order valence-electron chi connectivity index (χ1n) is 12.5. The van der Waals surface area contributed by atoms with Crippen LogP contribution in [0.5, 0.6) is 0 Å². The fourth-order valence-electron chi connectivity index (χ4n) is 5.91. The molecular weight excluding hydrogens is 440 g/mol. The molecule has 1 aromatic carbocycles. The van der Waals surface area contributed by atoms with Crippen molar-refractivity contribution in [2.75, 3.05) is 39.4 Å². The van der Waals surface area contributed by atoms with Crippen LogP contribution in [-0.2, 0) is 17.8 Å². The van der Waals surface area contributed by atoms with Gasteiger partial charge >= 0.3 is 0 Å². The third-order valence-electron chi connectivity index (χ3n) is 7.62. The minimum atomic E-state index is 0.0477. The molecule has 0 spiro atoms. The van der Waals surface area contributed by atoms with Crippen molar-refractivity contribution in [2.45, 2.75) is 25.4 Å². The van der Waals surface area contributed by atoms with Crippen LogP contribution < -0.4 is 5.56 Å². The van der Waals surface area contributed by atoms with Gasteiger partial charge in [-0.1, -0.05) is 24.3 Å². The van der Waals surface area contributed by atoms with Crippen molar-refractivity contribution in [3.63, 3.8) is 0 Å². The second-order valence-electron chi connectivity index (χ2n) is 9.88. The molecule has 1 amide bonds. The SMILES string of the molecule is O=C(c1ccncc1)N1C[C@H]2C[C@H](C1)c1ccc(-c3ccccc3CN3CCOCC3)c(=O)n1C2. The van der Waals surface area contributed by atoms with Crippen LogP contribution in [0.2, 0.25) is 0 Å². The lowest BCUT2D eigenvalue weighted by atomic mass is 9.82. The summed E-state index contributed by atoms with van der Waals surface area (Å²) < 4.78 is 7.48. The number of aromatic nitrogens is 2. The predicted molar refractivity (Wildman–Crippen MR) is 133 cm³/mol. The van der Waals surface area contributed by atoms with Crippen molar-refractivity contribution in [1.82, 2.24) is 19.4 Å². The van der Waals surface area contributed by atoms with Gasteiger partial charge in [-0.3, -0.25) is 19.5 Å². The van der Waals surface area contributed by atoms with Crippen LogP contribution in [0.15, 0.2) is 65.7 Å². The molecule has 7 heteroatoms. The van der Waals surface area contributed by atoms with Crippen molar-refractivity contribution in [3.05, 3.63) is 88.1 Å². The van der Waals surface area contributed by atoms with Gasteiger partial charge in [0.1, 0.15) is 0 Å². The smallest absolute Gasteiger partial charge is 0.258 e. The van der Waals surface area contributed by atoms with Crippen molar-refractivity contribution in [1.29, 1.82) is 0 Å². The lowest BCUT2D eigenvalue weighted by Crippen LogP contribution is -2.49. The van der Waals surface area contributed by atoms with Crippen LogP contribution in [0.3, 0.4) is 0 Å². The number of nitrogens with zero attached hydrogens (tertiary/aromatic N) is 4. The van der Waals surface area contributed by atoms with Crippen molar-refractivity contribution in [2.24, 2.45) is 5.92 Å². The fraction of sp³-hybridized carbons (Fsp3) is 0.393. The number of morpholine rings is 1. The van der Waals surface area contributed by atoms with Crippen LogP contribution in [0.25, 0.3) is 11.1 Å². The first-order chi connectivity index (χ1) is 17.2. The van der Waals surface area contributed by atoms with Gasteiger partial charge < -0.3 is 14.2 Å². The Bertz CT molecular complexity index is 1280. The van der Waals surface area contributed by atoms with Crippen LogP contribution in [0, 0.1) is 5.92 Å². The number of hydrogen-bond donors (Lipinski definition) is 0. The maximum Gasteiger partial charge on any atom is 0.258 e. The molecule has 2 saturated heterocycles. The van der Waals surface area contributed by atoms with Crippen molar-refractivity contribution in [3.8, 4) is 11.1 Å². The molecular formula is C28H30N4O3. The lowest BCUT2D eigenvalue weighted by Gasteiger charge is -2.43. The summed E-state index contributed by atoms with van der Waals surface area (Å²) in [5, 5.41) is 0. The molecule has 35 heavy (non-hydrogen) atoms. The Balaban J connectivity index is 1.29. The molecule has 3 aliphatic heterocycles. The number of ether oxygens (including phenoxy) is 1.